The third-order valence-corrected chi connectivity index (χ3v) is 5.50. The molecule has 1 amide bonds. The predicted molar refractivity (Wildman–Crippen MR) is 100 cm³/mol. The van der Waals surface area contributed by atoms with Crippen LogP contribution in [-0.4, -0.2) is 34.0 Å². The lowest BCUT2D eigenvalue weighted by Crippen LogP contribution is -2.27. The van der Waals surface area contributed by atoms with Gasteiger partial charge in [-0.1, -0.05) is 33.1 Å². The van der Waals surface area contributed by atoms with Crippen LogP contribution in [0.2, 0.25) is 0 Å². The molecule has 2 aromatic heterocycles. The van der Waals surface area contributed by atoms with E-state index >= 15 is 0 Å². The number of unbranched alkanes of at least 4 members (excludes halogenated alkanes) is 3. The second-order valence-corrected chi connectivity index (χ2v) is 7.27. The molecule has 6 heteroatoms. The highest BCUT2D eigenvalue weighted by Crippen LogP contribution is 2.27. The minimum atomic E-state index is -0.0277. The van der Waals surface area contributed by atoms with Crippen LogP contribution in [-0.2, 0) is 6.54 Å². The van der Waals surface area contributed by atoms with Crippen LogP contribution < -0.4 is 5.56 Å². The Morgan fingerprint density at radius 2 is 1.96 bits per heavy atom. The van der Waals surface area contributed by atoms with Crippen molar-refractivity contribution in [1.82, 2.24) is 14.5 Å². The molecule has 24 heavy (non-hydrogen) atoms. The molecule has 2 aromatic rings. The van der Waals surface area contributed by atoms with E-state index in [0.29, 0.717) is 21.6 Å². The zero-order chi connectivity index (χ0) is 17.7. The number of rotatable bonds is 8. The standard InChI is InChI=1S/C18H27N3O2S/c1-5-7-9-11-21-12-19-16-14(17(21)22)13(3)15(24-16)18(23)20(4)10-8-6-2/h12H,5-11H2,1-4H3. The monoisotopic (exact) mass is 349 g/mol. The summed E-state index contributed by atoms with van der Waals surface area (Å²) in [6, 6.07) is 0. The normalized spacial score (nSPS) is 11.2. The van der Waals surface area contributed by atoms with Crippen molar-refractivity contribution in [2.24, 2.45) is 0 Å². The Balaban J connectivity index is 2.34. The topological polar surface area (TPSA) is 55.2 Å². The van der Waals surface area contributed by atoms with Crippen molar-refractivity contribution in [3.63, 3.8) is 0 Å². The average molecular weight is 350 g/mol. The maximum Gasteiger partial charge on any atom is 0.264 e. The molecule has 0 radical (unpaired) electrons. The molecular weight excluding hydrogens is 322 g/mol. The minimum Gasteiger partial charge on any atom is -0.341 e. The number of hydrogen-bond acceptors (Lipinski definition) is 4. The summed E-state index contributed by atoms with van der Waals surface area (Å²) in [5.41, 5.74) is 0.741. The molecule has 0 atom stereocenters. The number of carbonyl (C=O) groups excluding carboxylic acids is 1. The van der Waals surface area contributed by atoms with Gasteiger partial charge in [0.1, 0.15) is 4.83 Å². The Morgan fingerprint density at radius 1 is 1.25 bits per heavy atom. The zero-order valence-corrected chi connectivity index (χ0v) is 15.9. The van der Waals surface area contributed by atoms with E-state index in [2.05, 4.69) is 18.8 Å². The summed E-state index contributed by atoms with van der Waals surface area (Å²) in [6.45, 7) is 7.52. The molecule has 0 saturated heterocycles. The Kier molecular flexibility index (Phi) is 6.54. The molecule has 0 spiro atoms. The zero-order valence-electron chi connectivity index (χ0n) is 15.1. The highest BCUT2D eigenvalue weighted by molar-refractivity contribution is 7.20. The van der Waals surface area contributed by atoms with Crippen molar-refractivity contribution < 1.29 is 4.79 Å². The van der Waals surface area contributed by atoms with Crippen molar-refractivity contribution in [2.45, 2.75) is 59.4 Å². The van der Waals surface area contributed by atoms with Crippen LogP contribution in [0.15, 0.2) is 11.1 Å². The Morgan fingerprint density at radius 3 is 2.62 bits per heavy atom. The van der Waals surface area contributed by atoms with Gasteiger partial charge < -0.3 is 4.90 Å². The smallest absolute Gasteiger partial charge is 0.264 e. The Bertz CT molecular complexity index is 763. The SMILES string of the molecule is CCCCCn1cnc2sc(C(=O)N(C)CCCC)c(C)c2c1=O. The van der Waals surface area contributed by atoms with E-state index in [9.17, 15) is 9.59 Å². The average Bonchev–Trinajstić information content (AvgIpc) is 2.91. The third kappa shape index (κ3) is 3.86. The lowest BCUT2D eigenvalue weighted by molar-refractivity contribution is 0.0797. The van der Waals surface area contributed by atoms with Gasteiger partial charge in [-0.3, -0.25) is 14.2 Å². The van der Waals surface area contributed by atoms with Crippen molar-refractivity contribution in [3.05, 3.63) is 27.1 Å². The molecule has 0 saturated carbocycles. The fourth-order valence-corrected chi connectivity index (χ4v) is 3.86. The number of hydrogen-bond donors (Lipinski definition) is 0. The van der Waals surface area contributed by atoms with Gasteiger partial charge in [-0.2, -0.15) is 0 Å². The van der Waals surface area contributed by atoms with Crippen molar-refractivity contribution in [1.29, 1.82) is 0 Å². The van der Waals surface area contributed by atoms with Gasteiger partial charge in [0, 0.05) is 20.1 Å². The van der Waals surface area contributed by atoms with E-state index in [0.717, 1.165) is 44.2 Å². The number of aromatic nitrogens is 2. The van der Waals surface area contributed by atoms with Crippen LogP contribution in [0.25, 0.3) is 10.2 Å². The summed E-state index contributed by atoms with van der Waals surface area (Å²) in [6.07, 6.45) is 6.83. The maximum absolute atomic E-state index is 12.7. The Labute approximate surface area is 147 Å². The van der Waals surface area contributed by atoms with Gasteiger partial charge in [0.25, 0.3) is 11.5 Å². The molecule has 132 valence electrons. The lowest BCUT2D eigenvalue weighted by Gasteiger charge is -2.16. The summed E-state index contributed by atoms with van der Waals surface area (Å²) in [5, 5.41) is 0.603. The van der Waals surface area contributed by atoms with E-state index in [-0.39, 0.29) is 11.5 Å². The van der Waals surface area contributed by atoms with Gasteiger partial charge in [0.05, 0.1) is 16.6 Å². The first-order valence-electron chi connectivity index (χ1n) is 8.75. The van der Waals surface area contributed by atoms with Gasteiger partial charge in [0.15, 0.2) is 0 Å². The summed E-state index contributed by atoms with van der Waals surface area (Å²) in [4.78, 5) is 32.8. The van der Waals surface area contributed by atoms with Gasteiger partial charge >= 0.3 is 0 Å². The molecule has 0 N–H and O–H groups in total. The van der Waals surface area contributed by atoms with Gasteiger partial charge in [0.2, 0.25) is 0 Å². The fraction of sp³-hybridized carbons (Fsp3) is 0.611. The van der Waals surface area contributed by atoms with Gasteiger partial charge in [-0.15, -0.1) is 11.3 Å². The first-order valence-corrected chi connectivity index (χ1v) is 9.56. The fourth-order valence-electron chi connectivity index (χ4n) is 2.72. The molecule has 0 unspecified atom stereocenters. The predicted octanol–water partition coefficient (Wildman–Crippen LogP) is 3.83. The molecule has 0 aromatic carbocycles. The quantitative estimate of drug-likeness (QED) is 0.681. The first-order chi connectivity index (χ1) is 11.5. The second-order valence-electron chi connectivity index (χ2n) is 6.27. The Hall–Kier alpha value is -1.69. The van der Waals surface area contributed by atoms with E-state index in [1.54, 1.807) is 15.8 Å². The van der Waals surface area contributed by atoms with Gasteiger partial charge in [-0.05, 0) is 25.3 Å². The molecule has 5 nitrogen and oxygen atoms in total. The van der Waals surface area contributed by atoms with Crippen molar-refractivity contribution in [2.75, 3.05) is 13.6 Å². The van der Waals surface area contributed by atoms with E-state index in [1.165, 1.54) is 11.3 Å². The third-order valence-electron chi connectivity index (χ3n) is 4.31. The molecule has 0 aliphatic rings. The number of nitrogens with zero attached hydrogens (tertiary/aromatic N) is 3. The first kappa shape index (κ1) is 18.6. The van der Waals surface area contributed by atoms with Crippen LogP contribution >= 0.6 is 11.3 Å². The van der Waals surface area contributed by atoms with Crippen LogP contribution in [0, 0.1) is 6.92 Å². The number of carbonyl (C=O) groups is 1. The molecule has 0 aliphatic heterocycles. The molecule has 0 bridgehead atoms. The van der Waals surface area contributed by atoms with E-state index < -0.39 is 0 Å². The van der Waals surface area contributed by atoms with Crippen LogP contribution in [0.1, 0.15) is 61.2 Å². The molecular formula is C18H27N3O2S. The highest BCUT2D eigenvalue weighted by Gasteiger charge is 2.21. The number of fused-ring (bicyclic) bond motifs is 1. The van der Waals surface area contributed by atoms with E-state index in [4.69, 9.17) is 0 Å². The largest absolute Gasteiger partial charge is 0.341 e. The molecule has 0 aliphatic carbocycles. The summed E-state index contributed by atoms with van der Waals surface area (Å²) in [5.74, 6) is -0.0131. The van der Waals surface area contributed by atoms with E-state index in [1.807, 2.05) is 14.0 Å². The van der Waals surface area contributed by atoms with Crippen molar-refractivity contribution >= 4 is 27.5 Å². The second kappa shape index (κ2) is 8.42. The number of aryl methyl sites for hydroxylation is 2. The summed E-state index contributed by atoms with van der Waals surface area (Å²) < 4.78 is 1.67. The van der Waals surface area contributed by atoms with Crippen molar-refractivity contribution in [3.8, 4) is 0 Å². The van der Waals surface area contributed by atoms with Crippen LogP contribution in [0.5, 0.6) is 0 Å². The molecule has 0 fully saturated rings. The highest BCUT2D eigenvalue weighted by atomic mass is 32.1. The van der Waals surface area contributed by atoms with Crippen LogP contribution in [0.4, 0.5) is 0 Å². The number of amides is 1. The van der Waals surface area contributed by atoms with Gasteiger partial charge in [-0.25, -0.2) is 4.98 Å². The molecule has 2 rings (SSSR count). The lowest BCUT2D eigenvalue weighted by atomic mass is 10.2. The van der Waals surface area contributed by atoms with Crippen LogP contribution in [0.3, 0.4) is 0 Å². The number of thiophene rings is 1. The molecule has 2 heterocycles. The minimum absolute atomic E-state index is 0.0131. The summed E-state index contributed by atoms with van der Waals surface area (Å²) in [7, 11) is 1.82. The summed E-state index contributed by atoms with van der Waals surface area (Å²) >= 11 is 1.33. The maximum atomic E-state index is 12.7.